The van der Waals surface area contributed by atoms with Gasteiger partial charge in [-0.15, -0.1) is 0 Å². The summed E-state index contributed by atoms with van der Waals surface area (Å²) < 4.78 is 21.4. The van der Waals surface area contributed by atoms with Crippen LogP contribution in [0.4, 0.5) is 4.39 Å². The molecule has 0 unspecified atom stereocenters. The predicted octanol–water partition coefficient (Wildman–Crippen LogP) is 2.29. The Bertz CT molecular complexity index is 1410. The Morgan fingerprint density at radius 2 is 1.88 bits per heavy atom. The molecular weight excluding hydrogens is 449 g/mol. The van der Waals surface area contributed by atoms with Crippen LogP contribution in [0.3, 0.4) is 0 Å². The number of fused-ring (bicyclic) bond motifs is 1. The molecule has 2 aromatic heterocycles. The first-order chi connectivity index (χ1) is 15.9. The minimum atomic E-state index is -0.736. The van der Waals surface area contributed by atoms with Gasteiger partial charge in [0.15, 0.2) is 16.7 Å². The van der Waals surface area contributed by atoms with Crippen molar-refractivity contribution in [2.24, 2.45) is 5.73 Å². The number of primary amides is 1. The van der Waals surface area contributed by atoms with Gasteiger partial charge >= 0.3 is 5.97 Å². The molecule has 2 heterocycles. The van der Waals surface area contributed by atoms with E-state index in [0.717, 1.165) is 4.57 Å². The van der Waals surface area contributed by atoms with E-state index in [-0.39, 0.29) is 18.1 Å². The van der Waals surface area contributed by atoms with Gasteiger partial charge in [0.2, 0.25) is 5.91 Å². The Morgan fingerprint density at radius 1 is 1.15 bits per heavy atom. The molecule has 0 aliphatic rings. The number of ether oxygens (including phenoxy) is 1. The molecular formula is C22H18FN5O4S. The fourth-order valence-corrected chi connectivity index (χ4v) is 3.85. The highest BCUT2D eigenvalue weighted by molar-refractivity contribution is 7.98. The minimum Gasteiger partial charge on any atom is -0.453 e. The molecule has 2 N–H and O–H groups in total. The zero-order valence-corrected chi connectivity index (χ0v) is 18.2. The van der Waals surface area contributed by atoms with Gasteiger partial charge in [-0.2, -0.15) is 0 Å². The maximum Gasteiger partial charge on any atom is 0.357 e. The van der Waals surface area contributed by atoms with Crippen LogP contribution in [0.2, 0.25) is 0 Å². The lowest BCUT2D eigenvalue weighted by Crippen LogP contribution is -2.32. The maximum atomic E-state index is 13.4. The molecule has 0 saturated carbocycles. The third-order valence-electron chi connectivity index (χ3n) is 4.79. The summed E-state index contributed by atoms with van der Waals surface area (Å²) >= 11 is 1.30. The van der Waals surface area contributed by atoms with Crippen molar-refractivity contribution in [2.75, 3.05) is 6.26 Å². The quantitative estimate of drug-likeness (QED) is 0.327. The fourth-order valence-electron chi connectivity index (χ4n) is 3.31. The molecule has 9 nitrogen and oxygen atoms in total. The number of rotatable bonds is 7. The van der Waals surface area contributed by atoms with Crippen molar-refractivity contribution in [1.29, 1.82) is 0 Å². The van der Waals surface area contributed by atoms with Crippen LogP contribution in [0.25, 0.3) is 16.6 Å². The number of imidazole rings is 1. The van der Waals surface area contributed by atoms with Crippen LogP contribution in [0, 0.1) is 5.82 Å². The number of halogens is 1. The lowest BCUT2D eigenvalue weighted by molar-refractivity contribution is -0.118. The highest BCUT2D eigenvalue weighted by atomic mass is 32.2. The molecule has 0 spiro atoms. The second-order valence-electron chi connectivity index (χ2n) is 6.92. The highest BCUT2D eigenvalue weighted by Crippen LogP contribution is 2.23. The average molecular weight is 467 g/mol. The lowest BCUT2D eigenvalue weighted by Gasteiger charge is -2.13. The van der Waals surface area contributed by atoms with Crippen LogP contribution in [0.1, 0.15) is 16.3 Å². The Balaban J connectivity index is 1.67. The van der Waals surface area contributed by atoms with Crippen molar-refractivity contribution in [3.05, 3.63) is 82.4 Å². The summed E-state index contributed by atoms with van der Waals surface area (Å²) in [6, 6.07) is 12.2. The molecule has 1 amide bonds. The van der Waals surface area contributed by atoms with Gasteiger partial charge in [0, 0.05) is 5.69 Å². The molecule has 0 bridgehead atoms. The second-order valence-corrected chi connectivity index (χ2v) is 7.69. The Kier molecular flexibility index (Phi) is 6.22. The first-order valence-electron chi connectivity index (χ1n) is 9.70. The van der Waals surface area contributed by atoms with E-state index >= 15 is 0 Å². The number of hydrogen-bond acceptors (Lipinski definition) is 7. The lowest BCUT2D eigenvalue weighted by atomic mass is 10.2. The van der Waals surface area contributed by atoms with Gasteiger partial charge in [-0.3, -0.25) is 18.7 Å². The number of nitrogens with zero attached hydrogens (tertiary/aromatic N) is 4. The topological polar surface area (TPSA) is 122 Å². The van der Waals surface area contributed by atoms with E-state index in [9.17, 15) is 18.8 Å². The van der Waals surface area contributed by atoms with Gasteiger partial charge in [0.25, 0.3) is 5.56 Å². The highest BCUT2D eigenvalue weighted by Gasteiger charge is 2.21. The van der Waals surface area contributed by atoms with E-state index in [1.54, 1.807) is 30.5 Å². The summed E-state index contributed by atoms with van der Waals surface area (Å²) in [6.45, 7) is -0.789. The van der Waals surface area contributed by atoms with E-state index in [4.69, 9.17) is 10.5 Å². The monoisotopic (exact) mass is 467 g/mol. The number of benzene rings is 2. The van der Waals surface area contributed by atoms with Crippen molar-refractivity contribution in [1.82, 2.24) is 19.1 Å². The number of para-hydroxylation sites is 1. The van der Waals surface area contributed by atoms with Gasteiger partial charge < -0.3 is 10.5 Å². The number of thioether (sulfide) groups is 1. The molecule has 11 heteroatoms. The van der Waals surface area contributed by atoms with Crippen LogP contribution >= 0.6 is 11.8 Å². The van der Waals surface area contributed by atoms with Crippen molar-refractivity contribution < 1.29 is 18.7 Å². The minimum absolute atomic E-state index is 0.0730. The number of amides is 1. The third-order valence-corrected chi connectivity index (χ3v) is 5.45. The fraction of sp³-hybridized carbons (Fsp3) is 0.136. The first kappa shape index (κ1) is 22.2. The van der Waals surface area contributed by atoms with Crippen LogP contribution in [0.5, 0.6) is 0 Å². The number of aromatic nitrogens is 4. The van der Waals surface area contributed by atoms with E-state index in [1.807, 2.05) is 0 Å². The van der Waals surface area contributed by atoms with E-state index in [1.165, 1.54) is 46.8 Å². The number of carbonyl (C=O) groups is 2. The molecule has 4 rings (SSSR count). The SMILES string of the molecule is CSc1ncc(C(=O)OCc2nc3ccccc3c(=O)n2CC(N)=O)n1-c1ccc(F)cc1. The van der Waals surface area contributed by atoms with Gasteiger partial charge in [0.1, 0.15) is 19.0 Å². The summed E-state index contributed by atoms with van der Waals surface area (Å²) in [6.07, 6.45) is 3.14. The Labute approximate surface area is 191 Å². The maximum absolute atomic E-state index is 13.4. The molecule has 2 aromatic carbocycles. The van der Waals surface area contributed by atoms with Crippen LogP contribution in [-0.4, -0.2) is 37.2 Å². The van der Waals surface area contributed by atoms with Crippen LogP contribution in [-0.2, 0) is 22.7 Å². The third kappa shape index (κ3) is 4.48. The smallest absolute Gasteiger partial charge is 0.357 e. The number of hydrogen-bond donors (Lipinski definition) is 1. The number of carbonyl (C=O) groups excluding carboxylic acids is 2. The van der Waals surface area contributed by atoms with Gasteiger partial charge in [-0.05, 0) is 42.7 Å². The normalized spacial score (nSPS) is 11.0. The van der Waals surface area contributed by atoms with E-state index < -0.39 is 29.8 Å². The molecule has 0 aliphatic heterocycles. The molecule has 4 aromatic rings. The summed E-state index contributed by atoms with van der Waals surface area (Å²) in [7, 11) is 0. The van der Waals surface area contributed by atoms with Crippen molar-refractivity contribution >= 4 is 34.5 Å². The van der Waals surface area contributed by atoms with Gasteiger partial charge in [-0.1, -0.05) is 23.9 Å². The van der Waals surface area contributed by atoms with E-state index in [0.29, 0.717) is 21.7 Å². The van der Waals surface area contributed by atoms with E-state index in [2.05, 4.69) is 9.97 Å². The molecule has 0 atom stereocenters. The summed E-state index contributed by atoms with van der Waals surface area (Å²) in [5.74, 6) is -1.81. The van der Waals surface area contributed by atoms with Gasteiger partial charge in [0.05, 0.1) is 17.1 Å². The molecule has 0 fully saturated rings. The Hall–Kier alpha value is -3.99. The van der Waals surface area contributed by atoms with Crippen LogP contribution in [0.15, 0.2) is 64.7 Å². The molecule has 0 saturated heterocycles. The summed E-state index contributed by atoms with van der Waals surface area (Å²) in [5.41, 5.74) is 5.86. The predicted molar refractivity (Wildman–Crippen MR) is 120 cm³/mol. The second kappa shape index (κ2) is 9.25. The average Bonchev–Trinajstić information content (AvgIpc) is 3.24. The largest absolute Gasteiger partial charge is 0.453 e. The summed E-state index contributed by atoms with van der Waals surface area (Å²) in [4.78, 5) is 45.9. The zero-order chi connectivity index (χ0) is 23.5. The van der Waals surface area contributed by atoms with Crippen molar-refractivity contribution in [2.45, 2.75) is 18.3 Å². The Morgan fingerprint density at radius 3 is 2.58 bits per heavy atom. The number of esters is 1. The number of nitrogens with two attached hydrogens (primary N) is 1. The molecule has 0 aliphatic carbocycles. The molecule has 33 heavy (non-hydrogen) atoms. The van der Waals surface area contributed by atoms with Crippen LogP contribution < -0.4 is 11.3 Å². The van der Waals surface area contributed by atoms with Gasteiger partial charge in [-0.25, -0.2) is 19.2 Å². The van der Waals surface area contributed by atoms with Crippen molar-refractivity contribution in [3.8, 4) is 5.69 Å². The summed E-state index contributed by atoms with van der Waals surface area (Å²) in [5, 5.41) is 0.816. The van der Waals surface area contributed by atoms with Crippen molar-refractivity contribution in [3.63, 3.8) is 0 Å². The first-order valence-corrected chi connectivity index (χ1v) is 10.9. The standard InChI is InChI=1S/C22H18FN5O4S/c1-33-22-25-10-17(28(22)14-8-6-13(23)7-9-14)21(31)32-12-19-26-16-5-3-2-4-15(16)20(30)27(19)11-18(24)29/h2-10H,11-12H2,1H3,(H2,24,29). The molecule has 168 valence electrons. The molecule has 0 radical (unpaired) electrons. The zero-order valence-electron chi connectivity index (χ0n) is 17.4.